The Morgan fingerprint density at radius 2 is 1.94 bits per heavy atom. The summed E-state index contributed by atoms with van der Waals surface area (Å²) >= 11 is 1.21. The van der Waals surface area contributed by atoms with Crippen molar-refractivity contribution in [2.45, 2.75) is 38.5 Å². The third-order valence-electron chi connectivity index (χ3n) is 2.11. The lowest BCUT2D eigenvalue weighted by Gasteiger charge is -2.16. The van der Waals surface area contributed by atoms with Crippen LogP contribution >= 0.6 is 11.8 Å². The fourth-order valence-electron chi connectivity index (χ4n) is 1.13. The number of carboxylic acids is 1. The number of amides is 2. The molecule has 104 valence electrons. The Balaban J connectivity index is 4.13. The van der Waals surface area contributed by atoms with Gasteiger partial charge < -0.3 is 15.7 Å². The number of carbonyl (C=O) groups excluding carboxylic acids is 2. The zero-order valence-corrected chi connectivity index (χ0v) is 11.7. The molecule has 0 aromatic heterocycles. The molecule has 0 aliphatic carbocycles. The minimum Gasteiger partial charge on any atom is -0.480 e. The van der Waals surface area contributed by atoms with Gasteiger partial charge in [-0.2, -0.15) is 0 Å². The predicted octanol–water partition coefficient (Wildman–Crippen LogP) is 0.224. The molecule has 2 amide bonds. The largest absolute Gasteiger partial charge is 0.480 e. The van der Waals surface area contributed by atoms with E-state index in [0.717, 1.165) is 6.42 Å². The van der Waals surface area contributed by atoms with Crippen LogP contribution in [0.2, 0.25) is 0 Å². The van der Waals surface area contributed by atoms with Crippen LogP contribution in [-0.2, 0) is 14.4 Å². The number of hydrogen-bond donors (Lipinski definition) is 3. The van der Waals surface area contributed by atoms with Crippen molar-refractivity contribution in [2.24, 2.45) is 0 Å². The van der Waals surface area contributed by atoms with Gasteiger partial charge in [0.15, 0.2) is 0 Å². The van der Waals surface area contributed by atoms with E-state index in [4.69, 9.17) is 5.11 Å². The molecule has 18 heavy (non-hydrogen) atoms. The summed E-state index contributed by atoms with van der Waals surface area (Å²) in [6.07, 6.45) is 0.854. The van der Waals surface area contributed by atoms with Crippen molar-refractivity contribution < 1.29 is 19.5 Å². The first-order chi connectivity index (χ1) is 8.38. The highest BCUT2D eigenvalue weighted by molar-refractivity contribution is 8.00. The van der Waals surface area contributed by atoms with Crippen molar-refractivity contribution in [3.63, 3.8) is 0 Å². The number of thioether (sulfide) groups is 1. The lowest BCUT2D eigenvalue weighted by atomic mass is 10.3. The van der Waals surface area contributed by atoms with Crippen molar-refractivity contribution >= 4 is 29.5 Å². The maximum absolute atomic E-state index is 11.5. The average Bonchev–Trinajstić information content (AvgIpc) is 2.30. The summed E-state index contributed by atoms with van der Waals surface area (Å²) in [4.78, 5) is 33.2. The van der Waals surface area contributed by atoms with Gasteiger partial charge in [-0.3, -0.25) is 9.59 Å². The molecular formula is C11H20N2O4S. The standard InChI is InChI=1S/C11H20N2O4S/c1-4-5-12-10(15)7(2)18-6-9(11(16)17)13-8(3)14/h7,9H,4-6H2,1-3H3,(H,12,15)(H,13,14)(H,16,17). The van der Waals surface area contributed by atoms with Crippen molar-refractivity contribution in [3.8, 4) is 0 Å². The van der Waals surface area contributed by atoms with Crippen molar-refractivity contribution in [3.05, 3.63) is 0 Å². The summed E-state index contributed by atoms with van der Waals surface area (Å²) in [5.74, 6) is -1.45. The third-order valence-corrected chi connectivity index (χ3v) is 3.35. The molecule has 0 aliphatic heterocycles. The van der Waals surface area contributed by atoms with Crippen LogP contribution in [0.3, 0.4) is 0 Å². The maximum atomic E-state index is 11.5. The van der Waals surface area contributed by atoms with Gasteiger partial charge in [0, 0.05) is 19.2 Å². The van der Waals surface area contributed by atoms with E-state index in [1.54, 1.807) is 6.92 Å². The van der Waals surface area contributed by atoms with Gasteiger partial charge in [-0.05, 0) is 13.3 Å². The van der Waals surface area contributed by atoms with Crippen LogP contribution in [0.4, 0.5) is 0 Å². The molecule has 0 radical (unpaired) electrons. The quantitative estimate of drug-likeness (QED) is 0.589. The molecule has 7 heteroatoms. The normalized spacial score (nSPS) is 13.5. The molecular weight excluding hydrogens is 256 g/mol. The summed E-state index contributed by atoms with van der Waals surface area (Å²) < 4.78 is 0. The topological polar surface area (TPSA) is 95.5 Å². The molecule has 2 atom stereocenters. The predicted molar refractivity (Wildman–Crippen MR) is 70.5 cm³/mol. The van der Waals surface area contributed by atoms with Crippen molar-refractivity contribution in [1.29, 1.82) is 0 Å². The molecule has 0 saturated carbocycles. The molecule has 0 aromatic rings. The van der Waals surface area contributed by atoms with Gasteiger partial charge in [-0.15, -0.1) is 11.8 Å². The second-order valence-corrected chi connectivity index (χ2v) is 5.23. The fraction of sp³-hybridized carbons (Fsp3) is 0.727. The molecule has 0 saturated heterocycles. The van der Waals surface area contributed by atoms with Crippen molar-refractivity contribution in [2.75, 3.05) is 12.3 Å². The van der Waals surface area contributed by atoms with Crippen LogP contribution in [0.1, 0.15) is 27.2 Å². The van der Waals surface area contributed by atoms with Crippen LogP contribution in [0.25, 0.3) is 0 Å². The van der Waals surface area contributed by atoms with Gasteiger partial charge in [-0.25, -0.2) is 4.79 Å². The second kappa shape index (κ2) is 8.79. The maximum Gasteiger partial charge on any atom is 0.327 e. The van der Waals surface area contributed by atoms with E-state index in [1.807, 2.05) is 6.92 Å². The highest BCUT2D eigenvalue weighted by Crippen LogP contribution is 2.12. The summed E-state index contributed by atoms with van der Waals surface area (Å²) in [5.41, 5.74) is 0. The molecule has 3 N–H and O–H groups in total. The minimum absolute atomic E-state index is 0.117. The lowest BCUT2D eigenvalue weighted by Crippen LogP contribution is -2.42. The number of aliphatic carboxylic acids is 1. The molecule has 2 unspecified atom stereocenters. The third kappa shape index (κ3) is 7.16. The van der Waals surface area contributed by atoms with E-state index in [9.17, 15) is 14.4 Å². The van der Waals surface area contributed by atoms with E-state index in [2.05, 4.69) is 10.6 Å². The molecule has 0 spiro atoms. The zero-order chi connectivity index (χ0) is 14.1. The Labute approximate surface area is 111 Å². The Hall–Kier alpha value is -1.24. The number of rotatable bonds is 8. The molecule has 0 aliphatic rings. The summed E-state index contributed by atoms with van der Waals surface area (Å²) in [6, 6.07) is -0.964. The Morgan fingerprint density at radius 3 is 2.39 bits per heavy atom. The van der Waals surface area contributed by atoms with E-state index in [0.29, 0.717) is 6.54 Å². The molecule has 0 aromatic carbocycles. The van der Waals surface area contributed by atoms with E-state index < -0.39 is 17.9 Å². The van der Waals surface area contributed by atoms with Gasteiger partial charge in [-0.1, -0.05) is 6.92 Å². The molecule has 6 nitrogen and oxygen atoms in total. The smallest absolute Gasteiger partial charge is 0.327 e. The summed E-state index contributed by atoms with van der Waals surface area (Å²) in [5, 5.41) is 13.6. The van der Waals surface area contributed by atoms with Gasteiger partial charge in [0.1, 0.15) is 6.04 Å². The Bertz CT molecular complexity index is 309. The first-order valence-electron chi connectivity index (χ1n) is 5.77. The first kappa shape index (κ1) is 16.8. The summed E-state index contributed by atoms with van der Waals surface area (Å²) in [6.45, 7) is 5.54. The van der Waals surface area contributed by atoms with E-state index >= 15 is 0 Å². The first-order valence-corrected chi connectivity index (χ1v) is 6.82. The van der Waals surface area contributed by atoms with Gasteiger partial charge in [0.05, 0.1) is 5.25 Å². The average molecular weight is 276 g/mol. The van der Waals surface area contributed by atoms with Gasteiger partial charge >= 0.3 is 5.97 Å². The fourth-order valence-corrected chi connectivity index (χ4v) is 2.07. The Morgan fingerprint density at radius 1 is 1.33 bits per heavy atom. The SMILES string of the molecule is CCCNC(=O)C(C)SCC(NC(C)=O)C(=O)O. The Kier molecular flexibility index (Phi) is 8.19. The van der Waals surface area contributed by atoms with E-state index in [1.165, 1.54) is 18.7 Å². The molecule has 0 fully saturated rings. The van der Waals surface area contributed by atoms with Crippen LogP contribution in [0.5, 0.6) is 0 Å². The van der Waals surface area contributed by atoms with Crippen LogP contribution < -0.4 is 10.6 Å². The number of carbonyl (C=O) groups is 3. The zero-order valence-electron chi connectivity index (χ0n) is 10.9. The lowest BCUT2D eigenvalue weighted by molar-refractivity contribution is -0.140. The van der Waals surface area contributed by atoms with E-state index in [-0.39, 0.29) is 16.9 Å². The second-order valence-electron chi connectivity index (χ2n) is 3.86. The van der Waals surface area contributed by atoms with Crippen LogP contribution in [0, 0.1) is 0 Å². The number of hydrogen-bond acceptors (Lipinski definition) is 4. The van der Waals surface area contributed by atoms with Crippen LogP contribution in [0.15, 0.2) is 0 Å². The van der Waals surface area contributed by atoms with Gasteiger partial charge in [0.2, 0.25) is 11.8 Å². The monoisotopic (exact) mass is 276 g/mol. The molecule has 0 bridgehead atoms. The van der Waals surface area contributed by atoms with Crippen LogP contribution in [-0.4, -0.2) is 46.5 Å². The number of carboxylic acid groups (broad SMARTS) is 1. The van der Waals surface area contributed by atoms with Gasteiger partial charge in [0.25, 0.3) is 0 Å². The highest BCUT2D eigenvalue weighted by atomic mass is 32.2. The molecule has 0 rings (SSSR count). The minimum atomic E-state index is -1.10. The number of nitrogens with one attached hydrogen (secondary N) is 2. The molecule has 0 heterocycles. The highest BCUT2D eigenvalue weighted by Gasteiger charge is 2.21. The van der Waals surface area contributed by atoms with Crippen molar-refractivity contribution in [1.82, 2.24) is 10.6 Å². The summed E-state index contributed by atoms with van der Waals surface area (Å²) in [7, 11) is 0.